The minimum atomic E-state index is 0.255. The van der Waals surface area contributed by atoms with Gasteiger partial charge in [0.2, 0.25) is 0 Å². The number of hydrogen-bond donors (Lipinski definition) is 2. The number of hydrogen-bond acceptors (Lipinski definition) is 1. The molecule has 3 nitrogen and oxygen atoms in total. The van der Waals surface area contributed by atoms with Crippen molar-refractivity contribution in [2.75, 3.05) is 12.4 Å². The fourth-order valence-corrected chi connectivity index (χ4v) is 1.40. The van der Waals surface area contributed by atoms with Crippen molar-refractivity contribution < 1.29 is 0 Å². The maximum Gasteiger partial charge on any atom is 0.192 e. The number of nitrogens with zero attached hydrogens (tertiary/aromatic N) is 1. The maximum atomic E-state index is 5.91. The Morgan fingerprint density at radius 2 is 1.93 bits per heavy atom. The third-order valence-corrected chi connectivity index (χ3v) is 2.83. The molecule has 0 spiro atoms. The summed E-state index contributed by atoms with van der Waals surface area (Å²) in [5.74, 6) is 0.255. The van der Waals surface area contributed by atoms with Crippen LogP contribution in [-0.2, 0) is 0 Å². The standard InChI is InChI=1S/C8H8Cl3N3/c1-13-8(12)14-5-3-2-4(9)6(10)7(5)11/h2-3H,1H3,(H3,12,13,14). The van der Waals surface area contributed by atoms with Crippen molar-refractivity contribution in [3.8, 4) is 0 Å². The number of benzene rings is 1. The zero-order valence-corrected chi connectivity index (χ0v) is 9.58. The summed E-state index contributed by atoms with van der Waals surface area (Å²) in [6.07, 6.45) is 0. The molecule has 76 valence electrons. The molecule has 3 N–H and O–H groups in total. The number of rotatable bonds is 1. The molecule has 14 heavy (non-hydrogen) atoms. The first-order chi connectivity index (χ1) is 6.56. The summed E-state index contributed by atoms with van der Waals surface area (Å²) in [5, 5.41) is 3.80. The van der Waals surface area contributed by atoms with Crippen molar-refractivity contribution in [1.82, 2.24) is 0 Å². The summed E-state index contributed by atoms with van der Waals surface area (Å²) >= 11 is 17.5. The molecule has 0 atom stereocenters. The summed E-state index contributed by atoms with van der Waals surface area (Å²) < 4.78 is 0. The average molecular weight is 253 g/mol. The van der Waals surface area contributed by atoms with Gasteiger partial charge in [0.1, 0.15) is 0 Å². The van der Waals surface area contributed by atoms with Gasteiger partial charge in [-0.1, -0.05) is 34.8 Å². The van der Waals surface area contributed by atoms with E-state index < -0.39 is 0 Å². The third-order valence-electron chi connectivity index (χ3n) is 1.54. The highest BCUT2D eigenvalue weighted by atomic mass is 35.5. The van der Waals surface area contributed by atoms with E-state index in [-0.39, 0.29) is 5.96 Å². The summed E-state index contributed by atoms with van der Waals surface area (Å²) in [4.78, 5) is 3.73. The van der Waals surface area contributed by atoms with Crippen LogP contribution in [0.3, 0.4) is 0 Å². The molecule has 0 aliphatic carbocycles. The minimum absolute atomic E-state index is 0.255. The molecule has 0 fully saturated rings. The molecule has 0 amide bonds. The molecule has 0 saturated heterocycles. The van der Waals surface area contributed by atoms with Gasteiger partial charge in [-0.25, -0.2) is 0 Å². The molecule has 1 aromatic carbocycles. The van der Waals surface area contributed by atoms with Crippen molar-refractivity contribution in [2.24, 2.45) is 10.7 Å². The smallest absolute Gasteiger partial charge is 0.192 e. The Morgan fingerprint density at radius 3 is 2.50 bits per heavy atom. The van der Waals surface area contributed by atoms with E-state index in [1.165, 1.54) is 0 Å². The van der Waals surface area contributed by atoms with Crippen LogP contribution < -0.4 is 11.1 Å². The molecule has 0 heterocycles. The Hall–Kier alpha value is -0.640. The second-order valence-corrected chi connectivity index (χ2v) is 3.62. The lowest BCUT2D eigenvalue weighted by Gasteiger charge is -2.08. The molecule has 0 bridgehead atoms. The van der Waals surface area contributed by atoms with Crippen LogP contribution in [0.25, 0.3) is 0 Å². The molecule has 0 aromatic heterocycles. The number of anilines is 1. The Kier molecular flexibility index (Phi) is 3.86. The molecular weight excluding hydrogens is 244 g/mol. The van der Waals surface area contributed by atoms with Crippen LogP contribution in [-0.4, -0.2) is 13.0 Å². The lowest BCUT2D eigenvalue weighted by atomic mass is 10.3. The van der Waals surface area contributed by atoms with Gasteiger partial charge in [-0.2, -0.15) is 0 Å². The number of guanidine groups is 1. The van der Waals surface area contributed by atoms with Gasteiger partial charge in [-0.3, -0.25) is 4.99 Å². The highest BCUT2D eigenvalue weighted by Crippen LogP contribution is 2.35. The summed E-state index contributed by atoms with van der Waals surface area (Å²) in [6, 6.07) is 3.30. The molecule has 0 unspecified atom stereocenters. The molecule has 1 rings (SSSR count). The van der Waals surface area contributed by atoms with Gasteiger partial charge < -0.3 is 11.1 Å². The van der Waals surface area contributed by atoms with Crippen molar-refractivity contribution in [1.29, 1.82) is 0 Å². The Labute approximate surface area is 96.9 Å². The molecule has 0 aliphatic heterocycles. The summed E-state index contributed by atoms with van der Waals surface area (Å²) in [5.41, 5.74) is 6.04. The van der Waals surface area contributed by atoms with Crippen molar-refractivity contribution in [2.45, 2.75) is 0 Å². The van der Waals surface area contributed by atoms with Gasteiger partial charge in [0.05, 0.1) is 20.8 Å². The first kappa shape index (κ1) is 11.4. The van der Waals surface area contributed by atoms with Gasteiger partial charge in [0.25, 0.3) is 0 Å². The molecule has 0 saturated carbocycles. The minimum Gasteiger partial charge on any atom is -0.370 e. The predicted octanol–water partition coefficient (Wildman–Crippen LogP) is 3.00. The van der Waals surface area contributed by atoms with E-state index in [2.05, 4.69) is 10.3 Å². The highest BCUT2D eigenvalue weighted by Gasteiger charge is 2.08. The second kappa shape index (κ2) is 4.73. The van der Waals surface area contributed by atoms with Crippen molar-refractivity contribution in [3.63, 3.8) is 0 Å². The summed E-state index contributed by atoms with van der Waals surface area (Å²) in [6.45, 7) is 0. The SMILES string of the molecule is CN=C(N)Nc1ccc(Cl)c(Cl)c1Cl. The van der Waals surface area contributed by atoms with Crippen LogP contribution in [0.5, 0.6) is 0 Å². The normalized spacial score (nSPS) is 11.6. The van der Waals surface area contributed by atoms with E-state index in [0.717, 1.165) is 0 Å². The number of aliphatic imine (C=N–C) groups is 1. The monoisotopic (exact) mass is 251 g/mol. The summed E-state index contributed by atoms with van der Waals surface area (Å²) in [7, 11) is 1.56. The lowest BCUT2D eigenvalue weighted by Crippen LogP contribution is -2.22. The molecular formula is C8H8Cl3N3. The van der Waals surface area contributed by atoms with Crippen LogP contribution in [0.15, 0.2) is 17.1 Å². The van der Waals surface area contributed by atoms with E-state index in [0.29, 0.717) is 20.8 Å². The maximum absolute atomic E-state index is 5.91. The number of nitrogens with one attached hydrogen (secondary N) is 1. The first-order valence-corrected chi connectivity index (χ1v) is 4.82. The zero-order valence-electron chi connectivity index (χ0n) is 7.31. The average Bonchev–Trinajstić information content (AvgIpc) is 2.19. The van der Waals surface area contributed by atoms with Gasteiger partial charge in [-0.05, 0) is 12.1 Å². The quantitative estimate of drug-likeness (QED) is 0.459. The Balaban J connectivity index is 3.06. The van der Waals surface area contributed by atoms with Crippen molar-refractivity contribution >= 4 is 46.4 Å². The van der Waals surface area contributed by atoms with E-state index in [9.17, 15) is 0 Å². The topological polar surface area (TPSA) is 50.4 Å². The van der Waals surface area contributed by atoms with Crippen LogP contribution in [0.1, 0.15) is 0 Å². The van der Waals surface area contributed by atoms with E-state index in [1.54, 1.807) is 19.2 Å². The lowest BCUT2D eigenvalue weighted by molar-refractivity contribution is 1.38. The van der Waals surface area contributed by atoms with Crippen LogP contribution >= 0.6 is 34.8 Å². The first-order valence-electron chi connectivity index (χ1n) is 3.69. The largest absolute Gasteiger partial charge is 0.370 e. The van der Waals surface area contributed by atoms with Gasteiger partial charge in [0.15, 0.2) is 5.96 Å². The number of nitrogens with two attached hydrogens (primary N) is 1. The second-order valence-electron chi connectivity index (χ2n) is 2.46. The highest BCUT2D eigenvalue weighted by molar-refractivity contribution is 6.49. The van der Waals surface area contributed by atoms with Gasteiger partial charge in [-0.15, -0.1) is 0 Å². The third kappa shape index (κ3) is 2.44. The zero-order chi connectivity index (χ0) is 10.7. The predicted molar refractivity (Wildman–Crippen MR) is 62.6 cm³/mol. The van der Waals surface area contributed by atoms with E-state index >= 15 is 0 Å². The van der Waals surface area contributed by atoms with Crippen molar-refractivity contribution in [3.05, 3.63) is 27.2 Å². The molecule has 1 aromatic rings. The van der Waals surface area contributed by atoms with Crippen LogP contribution in [0.4, 0.5) is 5.69 Å². The molecule has 0 aliphatic rings. The molecule has 0 radical (unpaired) electrons. The van der Waals surface area contributed by atoms with E-state index in [4.69, 9.17) is 40.5 Å². The fourth-order valence-electron chi connectivity index (χ4n) is 0.816. The molecule has 6 heteroatoms. The van der Waals surface area contributed by atoms with Crippen LogP contribution in [0, 0.1) is 0 Å². The fraction of sp³-hybridized carbons (Fsp3) is 0.125. The van der Waals surface area contributed by atoms with E-state index in [1.807, 2.05) is 0 Å². The number of halogens is 3. The van der Waals surface area contributed by atoms with Gasteiger partial charge in [0, 0.05) is 7.05 Å². The Bertz CT molecular complexity index is 376. The van der Waals surface area contributed by atoms with Gasteiger partial charge >= 0.3 is 0 Å². The van der Waals surface area contributed by atoms with Crippen LogP contribution in [0.2, 0.25) is 15.1 Å². The Morgan fingerprint density at radius 1 is 1.29 bits per heavy atom.